The van der Waals surface area contributed by atoms with Crippen LogP contribution in [0.25, 0.3) is 22.2 Å². The minimum Gasteiger partial charge on any atom is -0.409 e. The van der Waals surface area contributed by atoms with Gasteiger partial charge in [-0.25, -0.2) is 5.10 Å². The van der Waals surface area contributed by atoms with Crippen molar-refractivity contribution in [3.63, 3.8) is 0 Å². The van der Waals surface area contributed by atoms with Gasteiger partial charge in [-0.3, -0.25) is 0 Å². The number of fused-ring (bicyclic) bond motifs is 1. The highest BCUT2D eigenvalue weighted by Crippen LogP contribution is 2.22. The Balaban J connectivity index is 2.22. The lowest BCUT2D eigenvalue weighted by Crippen LogP contribution is -1.78. The molecule has 2 aromatic carbocycles. The van der Waals surface area contributed by atoms with Crippen LogP contribution >= 0.6 is 12.2 Å². The molecule has 0 saturated carbocycles. The van der Waals surface area contributed by atoms with Crippen molar-refractivity contribution in [3.05, 3.63) is 47.3 Å². The van der Waals surface area contributed by atoms with E-state index in [1.165, 1.54) is 5.39 Å². The van der Waals surface area contributed by atoms with Crippen molar-refractivity contribution in [2.24, 2.45) is 0 Å². The standard InChI is InChI=1S/C12H8N2OS/c16-12-14-13-11(15-12)10-6-5-8-3-1-2-4-9(8)7-10/h1-7H,(H,14,16). The van der Waals surface area contributed by atoms with E-state index in [9.17, 15) is 0 Å². The van der Waals surface area contributed by atoms with Gasteiger partial charge >= 0.3 is 0 Å². The highest BCUT2D eigenvalue weighted by Gasteiger charge is 2.04. The molecule has 0 aliphatic rings. The van der Waals surface area contributed by atoms with E-state index in [4.69, 9.17) is 16.6 Å². The molecule has 0 bridgehead atoms. The molecule has 0 unspecified atom stereocenters. The van der Waals surface area contributed by atoms with E-state index < -0.39 is 0 Å². The summed E-state index contributed by atoms with van der Waals surface area (Å²) in [7, 11) is 0. The van der Waals surface area contributed by atoms with Gasteiger partial charge in [-0.1, -0.05) is 30.3 Å². The van der Waals surface area contributed by atoms with Crippen LogP contribution in [0.15, 0.2) is 46.9 Å². The number of H-pyrrole nitrogens is 1. The molecule has 78 valence electrons. The summed E-state index contributed by atoms with van der Waals surface area (Å²) in [5, 5.41) is 8.96. The molecular formula is C12H8N2OS. The van der Waals surface area contributed by atoms with Crippen LogP contribution < -0.4 is 0 Å². The number of nitrogens with one attached hydrogen (secondary N) is 1. The molecule has 0 fully saturated rings. The van der Waals surface area contributed by atoms with E-state index in [0.717, 1.165) is 10.9 Å². The topological polar surface area (TPSA) is 41.8 Å². The summed E-state index contributed by atoms with van der Waals surface area (Å²) in [6.45, 7) is 0. The first-order chi connectivity index (χ1) is 7.83. The largest absolute Gasteiger partial charge is 0.409 e. The molecule has 0 amide bonds. The molecule has 16 heavy (non-hydrogen) atoms. The van der Waals surface area contributed by atoms with E-state index in [0.29, 0.717) is 10.7 Å². The predicted octanol–water partition coefficient (Wildman–Crippen LogP) is 3.55. The molecule has 0 aliphatic carbocycles. The quantitative estimate of drug-likeness (QED) is 0.647. The lowest BCUT2D eigenvalue weighted by atomic mass is 10.1. The summed E-state index contributed by atoms with van der Waals surface area (Å²) in [5.41, 5.74) is 0.922. The van der Waals surface area contributed by atoms with E-state index in [-0.39, 0.29) is 0 Å². The van der Waals surface area contributed by atoms with Gasteiger partial charge in [0.1, 0.15) is 0 Å². The van der Waals surface area contributed by atoms with Crippen LogP contribution in [0, 0.1) is 4.84 Å². The Bertz CT molecular complexity index is 699. The second-order valence-corrected chi connectivity index (χ2v) is 3.85. The average Bonchev–Trinajstić information content (AvgIpc) is 2.75. The minimum absolute atomic E-state index is 0.295. The highest BCUT2D eigenvalue weighted by atomic mass is 32.1. The third-order valence-electron chi connectivity index (χ3n) is 2.43. The zero-order valence-electron chi connectivity index (χ0n) is 8.31. The van der Waals surface area contributed by atoms with Crippen LogP contribution in [0.2, 0.25) is 0 Å². The van der Waals surface area contributed by atoms with Gasteiger partial charge in [-0.2, -0.15) is 0 Å². The highest BCUT2D eigenvalue weighted by molar-refractivity contribution is 7.71. The summed E-state index contributed by atoms with van der Waals surface area (Å²) in [4.78, 5) is 0.295. The first-order valence-corrected chi connectivity index (χ1v) is 5.28. The Morgan fingerprint density at radius 3 is 2.62 bits per heavy atom. The normalized spacial score (nSPS) is 10.8. The maximum absolute atomic E-state index is 5.27. The van der Waals surface area contributed by atoms with E-state index >= 15 is 0 Å². The van der Waals surface area contributed by atoms with Gasteiger partial charge in [-0.05, 0) is 35.1 Å². The van der Waals surface area contributed by atoms with Gasteiger partial charge in [0.2, 0.25) is 5.89 Å². The van der Waals surface area contributed by atoms with Gasteiger partial charge in [0.05, 0.1) is 0 Å². The monoisotopic (exact) mass is 228 g/mol. The molecule has 3 rings (SSSR count). The summed E-state index contributed by atoms with van der Waals surface area (Å²) in [6, 6.07) is 14.2. The maximum atomic E-state index is 5.27. The molecule has 1 aromatic heterocycles. The number of aromatic nitrogens is 2. The number of hydrogen-bond donors (Lipinski definition) is 1. The molecule has 0 saturated heterocycles. The number of benzene rings is 2. The molecule has 4 heteroatoms. The van der Waals surface area contributed by atoms with Crippen molar-refractivity contribution >= 4 is 23.0 Å². The van der Waals surface area contributed by atoms with E-state index in [2.05, 4.69) is 22.3 Å². The smallest absolute Gasteiger partial charge is 0.284 e. The van der Waals surface area contributed by atoms with Gasteiger partial charge < -0.3 is 4.42 Å². The molecule has 0 spiro atoms. The molecular weight excluding hydrogens is 220 g/mol. The first-order valence-electron chi connectivity index (χ1n) is 4.87. The molecule has 3 nitrogen and oxygen atoms in total. The second kappa shape index (κ2) is 3.57. The Kier molecular flexibility index (Phi) is 2.08. The van der Waals surface area contributed by atoms with Crippen molar-refractivity contribution in [3.8, 4) is 11.5 Å². The average molecular weight is 228 g/mol. The van der Waals surface area contributed by atoms with Crippen molar-refractivity contribution in [1.82, 2.24) is 10.2 Å². The van der Waals surface area contributed by atoms with Gasteiger partial charge in [0.25, 0.3) is 4.84 Å². The van der Waals surface area contributed by atoms with E-state index in [1.54, 1.807) is 0 Å². The summed E-state index contributed by atoms with van der Waals surface area (Å²) < 4.78 is 5.27. The van der Waals surface area contributed by atoms with Crippen LogP contribution in [-0.2, 0) is 0 Å². The fourth-order valence-electron chi connectivity index (χ4n) is 1.68. The molecule has 0 atom stereocenters. The van der Waals surface area contributed by atoms with Crippen molar-refractivity contribution < 1.29 is 4.42 Å². The summed E-state index contributed by atoms with van der Waals surface area (Å²) in [5.74, 6) is 0.524. The Morgan fingerprint density at radius 1 is 1.06 bits per heavy atom. The Labute approximate surface area is 96.7 Å². The Hall–Kier alpha value is -1.94. The predicted molar refractivity (Wildman–Crippen MR) is 64.6 cm³/mol. The number of nitrogens with zero attached hydrogens (tertiary/aromatic N) is 1. The van der Waals surface area contributed by atoms with Gasteiger partial charge in [-0.15, -0.1) is 5.10 Å². The zero-order valence-corrected chi connectivity index (χ0v) is 9.12. The van der Waals surface area contributed by atoms with Crippen LogP contribution in [0.5, 0.6) is 0 Å². The lowest BCUT2D eigenvalue weighted by molar-refractivity contribution is 0.552. The van der Waals surface area contributed by atoms with Crippen LogP contribution in [0.1, 0.15) is 0 Å². The van der Waals surface area contributed by atoms with Crippen LogP contribution in [-0.4, -0.2) is 10.2 Å². The first kappa shape index (κ1) is 9.30. The third-order valence-corrected chi connectivity index (χ3v) is 2.61. The van der Waals surface area contributed by atoms with Gasteiger partial charge in [0.15, 0.2) is 0 Å². The fraction of sp³-hybridized carbons (Fsp3) is 0. The molecule has 1 N–H and O–H groups in total. The molecule has 3 aromatic rings. The Morgan fingerprint density at radius 2 is 1.88 bits per heavy atom. The van der Waals surface area contributed by atoms with Crippen molar-refractivity contribution in [2.45, 2.75) is 0 Å². The van der Waals surface area contributed by atoms with Crippen molar-refractivity contribution in [1.29, 1.82) is 0 Å². The third kappa shape index (κ3) is 1.53. The molecule has 1 heterocycles. The number of hydrogen-bond acceptors (Lipinski definition) is 3. The van der Waals surface area contributed by atoms with Crippen LogP contribution in [0.4, 0.5) is 0 Å². The summed E-state index contributed by atoms with van der Waals surface area (Å²) >= 11 is 4.84. The fourth-order valence-corrected chi connectivity index (χ4v) is 1.80. The number of rotatable bonds is 1. The van der Waals surface area contributed by atoms with Crippen molar-refractivity contribution in [2.75, 3.05) is 0 Å². The molecule has 0 radical (unpaired) electrons. The SMILES string of the molecule is S=c1[nH]nc(-c2ccc3ccccc3c2)o1. The zero-order chi connectivity index (χ0) is 11.0. The van der Waals surface area contributed by atoms with Gasteiger partial charge in [0, 0.05) is 5.56 Å². The maximum Gasteiger partial charge on any atom is 0.284 e. The summed E-state index contributed by atoms with van der Waals surface area (Å²) in [6.07, 6.45) is 0. The van der Waals surface area contributed by atoms with E-state index in [1.807, 2.05) is 30.3 Å². The lowest BCUT2D eigenvalue weighted by Gasteiger charge is -1.98. The minimum atomic E-state index is 0.295. The van der Waals surface area contributed by atoms with Crippen LogP contribution in [0.3, 0.4) is 0 Å². The molecule has 0 aliphatic heterocycles. The second-order valence-electron chi connectivity index (χ2n) is 3.48. The number of aromatic amines is 1.